The number of aryl methyl sites for hydroxylation is 2. The summed E-state index contributed by atoms with van der Waals surface area (Å²) in [5.74, 6) is 0.579. The zero-order valence-electron chi connectivity index (χ0n) is 16.3. The molecule has 1 atom stereocenters. The van der Waals surface area contributed by atoms with Gasteiger partial charge in [0, 0.05) is 20.2 Å². The number of benzene rings is 3. The van der Waals surface area contributed by atoms with Crippen LogP contribution in [0.15, 0.2) is 69.6 Å². The van der Waals surface area contributed by atoms with E-state index in [-0.39, 0.29) is 5.91 Å². The Morgan fingerprint density at radius 3 is 2.41 bits per heavy atom. The summed E-state index contributed by atoms with van der Waals surface area (Å²) >= 11 is 7.23. The van der Waals surface area contributed by atoms with Gasteiger partial charge in [-0.05, 0) is 123 Å². The predicted octanol–water partition coefficient (Wildman–Crippen LogP) is 7.12. The molecule has 0 radical (unpaired) electrons. The van der Waals surface area contributed by atoms with Gasteiger partial charge in [0.05, 0.1) is 0 Å². The van der Waals surface area contributed by atoms with Gasteiger partial charge in [-0.25, -0.2) is 0 Å². The van der Waals surface area contributed by atoms with Crippen LogP contribution in [0.3, 0.4) is 0 Å². The number of hydrogen-bond acceptors (Lipinski definition) is 1. The topological polar surface area (TPSA) is 29.1 Å². The van der Waals surface area contributed by atoms with Crippen LogP contribution in [-0.2, 0) is 19.3 Å². The molecule has 29 heavy (non-hydrogen) atoms. The van der Waals surface area contributed by atoms with Gasteiger partial charge in [0.1, 0.15) is 0 Å². The first kappa shape index (κ1) is 20.4. The summed E-state index contributed by atoms with van der Waals surface area (Å²) in [7, 11) is 0. The molecule has 0 fully saturated rings. The Bertz CT molecular complexity index is 1040. The van der Waals surface area contributed by atoms with E-state index < -0.39 is 0 Å². The summed E-state index contributed by atoms with van der Waals surface area (Å²) in [6.45, 7) is 2.00. The van der Waals surface area contributed by atoms with Crippen LogP contribution in [-0.4, -0.2) is 5.91 Å². The minimum atomic E-state index is -0.0622. The summed E-state index contributed by atoms with van der Waals surface area (Å²) in [5, 5.41) is 3.00. The van der Waals surface area contributed by atoms with Crippen molar-refractivity contribution in [2.75, 3.05) is 5.32 Å². The van der Waals surface area contributed by atoms with Crippen molar-refractivity contribution in [1.29, 1.82) is 0 Å². The van der Waals surface area contributed by atoms with E-state index in [1.807, 2.05) is 43.3 Å². The number of para-hydroxylation sites is 1. The van der Waals surface area contributed by atoms with Crippen molar-refractivity contribution < 1.29 is 4.79 Å². The Labute approximate surface area is 189 Å². The second-order valence-electron chi connectivity index (χ2n) is 7.81. The van der Waals surface area contributed by atoms with Crippen molar-refractivity contribution in [3.63, 3.8) is 0 Å². The molecule has 0 aromatic heterocycles. The van der Waals surface area contributed by atoms with Gasteiger partial charge >= 0.3 is 0 Å². The second kappa shape index (κ2) is 8.85. The lowest BCUT2D eigenvalue weighted by atomic mass is 9.81. The Kier molecular flexibility index (Phi) is 6.21. The largest absolute Gasteiger partial charge is 0.322 e. The van der Waals surface area contributed by atoms with E-state index in [1.54, 1.807) is 0 Å². The molecular formula is C25H23Br2NO. The summed E-state index contributed by atoms with van der Waals surface area (Å²) in [6, 6.07) is 20.4. The molecule has 148 valence electrons. The molecule has 1 aliphatic carbocycles. The number of hydrogen-bond donors (Lipinski definition) is 1. The van der Waals surface area contributed by atoms with Gasteiger partial charge in [0.2, 0.25) is 0 Å². The highest BCUT2D eigenvalue weighted by atomic mass is 79.9. The maximum absolute atomic E-state index is 12.5. The molecule has 0 saturated carbocycles. The lowest BCUT2D eigenvalue weighted by Gasteiger charge is -2.25. The highest BCUT2D eigenvalue weighted by Crippen LogP contribution is 2.34. The SMILES string of the molecule is Cc1ccccc1NC(=O)c1ccc(CC2CCc3cc(Br)c(Br)cc3C2)cc1. The third kappa shape index (κ3) is 4.81. The van der Waals surface area contributed by atoms with Crippen molar-refractivity contribution in [2.24, 2.45) is 5.92 Å². The fourth-order valence-electron chi connectivity index (χ4n) is 4.03. The molecule has 1 N–H and O–H groups in total. The summed E-state index contributed by atoms with van der Waals surface area (Å²) in [5.41, 5.74) is 6.82. The van der Waals surface area contributed by atoms with Gasteiger partial charge in [-0.1, -0.05) is 30.3 Å². The van der Waals surface area contributed by atoms with Gasteiger partial charge in [0.15, 0.2) is 0 Å². The van der Waals surface area contributed by atoms with Crippen molar-refractivity contribution in [2.45, 2.75) is 32.6 Å². The van der Waals surface area contributed by atoms with Gasteiger partial charge < -0.3 is 5.32 Å². The minimum Gasteiger partial charge on any atom is -0.322 e. The molecule has 0 aliphatic heterocycles. The van der Waals surface area contributed by atoms with E-state index >= 15 is 0 Å². The zero-order valence-corrected chi connectivity index (χ0v) is 19.5. The predicted molar refractivity (Wildman–Crippen MR) is 127 cm³/mol. The number of anilines is 1. The lowest BCUT2D eigenvalue weighted by molar-refractivity contribution is 0.102. The monoisotopic (exact) mass is 511 g/mol. The maximum atomic E-state index is 12.5. The number of carbonyl (C=O) groups excluding carboxylic acids is 1. The summed E-state index contributed by atoms with van der Waals surface area (Å²) in [6.07, 6.45) is 4.49. The Morgan fingerprint density at radius 1 is 1.00 bits per heavy atom. The first-order chi connectivity index (χ1) is 14.0. The van der Waals surface area contributed by atoms with Crippen LogP contribution >= 0.6 is 31.9 Å². The first-order valence-electron chi connectivity index (χ1n) is 9.92. The first-order valence-corrected chi connectivity index (χ1v) is 11.5. The number of nitrogens with one attached hydrogen (secondary N) is 1. The Morgan fingerprint density at radius 2 is 1.69 bits per heavy atom. The molecule has 3 aromatic carbocycles. The zero-order chi connectivity index (χ0) is 20.4. The normalized spacial score (nSPS) is 15.6. The molecule has 0 bridgehead atoms. The molecule has 2 nitrogen and oxygen atoms in total. The lowest BCUT2D eigenvalue weighted by Crippen LogP contribution is -2.17. The van der Waals surface area contributed by atoms with Gasteiger partial charge in [-0.2, -0.15) is 0 Å². The van der Waals surface area contributed by atoms with Crippen molar-refractivity contribution >= 4 is 43.5 Å². The molecular weight excluding hydrogens is 490 g/mol. The van der Waals surface area contributed by atoms with Crippen LogP contribution in [0.2, 0.25) is 0 Å². The number of rotatable bonds is 4. The molecule has 1 amide bonds. The quantitative estimate of drug-likeness (QED) is 0.396. The summed E-state index contributed by atoms with van der Waals surface area (Å²) < 4.78 is 2.26. The van der Waals surface area contributed by atoms with Crippen LogP contribution < -0.4 is 5.32 Å². The van der Waals surface area contributed by atoms with E-state index in [2.05, 4.69) is 61.4 Å². The summed E-state index contributed by atoms with van der Waals surface area (Å²) in [4.78, 5) is 12.5. The average Bonchev–Trinajstić information content (AvgIpc) is 2.71. The molecule has 1 aliphatic rings. The van der Waals surface area contributed by atoms with E-state index in [1.165, 1.54) is 23.1 Å². The molecule has 3 aromatic rings. The Hall–Kier alpha value is -1.91. The molecule has 1 unspecified atom stereocenters. The molecule has 4 heteroatoms. The highest BCUT2D eigenvalue weighted by molar-refractivity contribution is 9.13. The molecule has 0 spiro atoms. The standard InChI is InChI=1S/C25H23Br2NO/c1-16-4-2-3-5-24(16)28-25(29)19-9-6-17(7-10-19)12-18-8-11-20-14-22(26)23(27)15-21(20)13-18/h2-7,9-10,14-15,18H,8,11-13H2,1H3,(H,28,29). The average molecular weight is 513 g/mol. The molecule has 0 heterocycles. The van der Waals surface area contributed by atoms with Crippen molar-refractivity contribution in [3.8, 4) is 0 Å². The number of fused-ring (bicyclic) bond motifs is 1. The molecule has 4 rings (SSSR count). The van der Waals surface area contributed by atoms with Gasteiger partial charge in [-0.15, -0.1) is 0 Å². The van der Waals surface area contributed by atoms with Crippen LogP contribution in [0.25, 0.3) is 0 Å². The fraction of sp³-hybridized carbons (Fsp3) is 0.240. The fourth-order valence-corrected chi connectivity index (χ4v) is 4.81. The third-order valence-electron chi connectivity index (χ3n) is 5.71. The van der Waals surface area contributed by atoms with Crippen LogP contribution in [0, 0.1) is 12.8 Å². The van der Waals surface area contributed by atoms with Crippen LogP contribution in [0.1, 0.15) is 39.0 Å². The van der Waals surface area contributed by atoms with E-state index in [4.69, 9.17) is 0 Å². The van der Waals surface area contributed by atoms with Crippen LogP contribution in [0.5, 0.6) is 0 Å². The number of amides is 1. The number of halogens is 2. The Balaban J connectivity index is 1.40. The maximum Gasteiger partial charge on any atom is 0.255 e. The smallest absolute Gasteiger partial charge is 0.255 e. The van der Waals surface area contributed by atoms with Gasteiger partial charge in [0.25, 0.3) is 5.91 Å². The second-order valence-corrected chi connectivity index (χ2v) is 9.52. The van der Waals surface area contributed by atoms with Crippen molar-refractivity contribution in [1.82, 2.24) is 0 Å². The number of carbonyl (C=O) groups is 1. The van der Waals surface area contributed by atoms with Gasteiger partial charge in [-0.3, -0.25) is 4.79 Å². The minimum absolute atomic E-state index is 0.0622. The van der Waals surface area contributed by atoms with E-state index in [9.17, 15) is 4.79 Å². The molecule has 0 saturated heterocycles. The third-order valence-corrected chi connectivity index (χ3v) is 7.55. The van der Waals surface area contributed by atoms with Crippen LogP contribution in [0.4, 0.5) is 5.69 Å². The van der Waals surface area contributed by atoms with Crippen molar-refractivity contribution in [3.05, 3.63) is 97.4 Å². The van der Waals surface area contributed by atoms with E-state index in [0.717, 1.165) is 39.5 Å². The van der Waals surface area contributed by atoms with E-state index in [0.29, 0.717) is 11.5 Å². The highest BCUT2D eigenvalue weighted by Gasteiger charge is 2.20.